The van der Waals surface area contributed by atoms with E-state index >= 15 is 0 Å². The van der Waals surface area contributed by atoms with E-state index in [1.165, 1.54) is 109 Å². The lowest BCUT2D eigenvalue weighted by molar-refractivity contribution is -0.302. The standard InChI is InChI=1S/C61H103NO8/c1-3-5-7-9-11-13-15-16-17-18-19-20-21-22-23-24-25-26-27-28-29-30-31-32-33-34-35-36-37-38-39-40-41-43-45-47-49-51-57(65)62-54(53-69-61-60(68)59(67)58(66)56(52-63)70-61)55(64)50-48-46-44-42-14-12-10-8-6-4-2/h5,7,11,13-14,16-17,19-20,22-23,25-26,28-29,42,48,50,54-56,58-61,63-64,66-68H,3-4,6,8-10,12,15,18,21,24,27,30-41,43-47,49,51-53H2,1-2H3,(H,62,65)/b7-5-,13-11-,17-16-,20-19-,23-22-,26-25-,29-28-,42-14+,50-48+. The SMILES string of the molecule is CC/C=C\C/C=C\C/C=C\C/C=C\C/C=C\C/C=C\C/C=C\CCCCCCCCCCCCCCCCCC(=O)NC(COC1OC(CO)C(O)C(O)C1O)C(O)/C=C/CC/C=C/CCCCCC. The first-order valence-electron chi connectivity index (χ1n) is 28.1. The molecule has 0 spiro atoms. The molecule has 1 amide bonds. The average Bonchev–Trinajstić information content (AvgIpc) is 3.36. The molecule has 0 saturated carbocycles. The zero-order valence-corrected chi connectivity index (χ0v) is 44.2. The molecule has 1 saturated heterocycles. The van der Waals surface area contributed by atoms with Crippen LogP contribution in [0.3, 0.4) is 0 Å². The van der Waals surface area contributed by atoms with Crippen molar-refractivity contribution in [3.63, 3.8) is 0 Å². The highest BCUT2D eigenvalue weighted by molar-refractivity contribution is 5.76. The van der Waals surface area contributed by atoms with Crippen molar-refractivity contribution >= 4 is 5.91 Å². The van der Waals surface area contributed by atoms with Crippen molar-refractivity contribution in [2.24, 2.45) is 0 Å². The molecular formula is C61H103NO8. The van der Waals surface area contributed by atoms with Crippen LogP contribution in [0.5, 0.6) is 0 Å². The maximum absolute atomic E-state index is 13.0. The van der Waals surface area contributed by atoms with Gasteiger partial charge >= 0.3 is 0 Å². The third kappa shape index (κ3) is 38.5. The molecule has 1 rings (SSSR count). The van der Waals surface area contributed by atoms with E-state index in [0.29, 0.717) is 6.42 Å². The van der Waals surface area contributed by atoms with Crippen molar-refractivity contribution in [1.29, 1.82) is 0 Å². The molecule has 400 valence electrons. The molecule has 0 radical (unpaired) electrons. The quantitative estimate of drug-likeness (QED) is 0.0261. The van der Waals surface area contributed by atoms with Crippen LogP contribution in [0.25, 0.3) is 0 Å². The summed E-state index contributed by atoms with van der Waals surface area (Å²) in [6, 6.07) is -0.825. The Morgan fingerprint density at radius 3 is 1.37 bits per heavy atom. The van der Waals surface area contributed by atoms with Crippen molar-refractivity contribution in [2.45, 2.75) is 256 Å². The molecule has 1 aliphatic rings. The number of nitrogens with one attached hydrogen (secondary N) is 1. The number of hydrogen-bond acceptors (Lipinski definition) is 8. The number of hydrogen-bond donors (Lipinski definition) is 6. The summed E-state index contributed by atoms with van der Waals surface area (Å²) in [5.41, 5.74) is 0. The van der Waals surface area contributed by atoms with Gasteiger partial charge in [0, 0.05) is 6.42 Å². The molecule has 0 aromatic rings. The van der Waals surface area contributed by atoms with Gasteiger partial charge in [0.15, 0.2) is 6.29 Å². The first-order chi connectivity index (χ1) is 34.3. The highest BCUT2D eigenvalue weighted by atomic mass is 16.7. The van der Waals surface area contributed by atoms with Crippen LogP contribution in [0, 0.1) is 0 Å². The molecule has 0 bridgehead atoms. The molecule has 1 fully saturated rings. The number of carbonyl (C=O) groups is 1. The normalized spacial score (nSPS) is 20.2. The summed E-state index contributed by atoms with van der Waals surface area (Å²) in [5.74, 6) is -0.193. The van der Waals surface area contributed by atoms with Crippen LogP contribution < -0.4 is 5.32 Å². The molecule has 7 atom stereocenters. The van der Waals surface area contributed by atoms with E-state index < -0.39 is 49.5 Å². The summed E-state index contributed by atoms with van der Waals surface area (Å²) in [5, 5.41) is 54.2. The Balaban J connectivity index is 2.10. The molecule has 0 aromatic heterocycles. The number of amides is 1. The topological polar surface area (TPSA) is 149 Å². The number of aliphatic hydroxyl groups excluding tert-OH is 5. The molecule has 9 nitrogen and oxygen atoms in total. The molecule has 70 heavy (non-hydrogen) atoms. The van der Waals surface area contributed by atoms with Crippen LogP contribution in [0.2, 0.25) is 0 Å². The van der Waals surface area contributed by atoms with Gasteiger partial charge in [-0.15, -0.1) is 0 Å². The monoisotopic (exact) mass is 978 g/mol. The van der Waals surface area contributed by atoms with Crippen LogP contribution in [0.1, 0.15) is 213 Å². The Bertz CT molecular complexity index is 1460. The van der Waals surface area contributed by atoms with Crippen molar-refractivity contribution in [3.8, 4) is 0 Å². The van der Waals surface area contributed by atoms with Crippen molar-refractivity contribution in [3.05, 3.63) is 109 Å². The average molecular weight is 978 g/mol. The first-order valence-corrected chi connectivity index (χ1v) is 28.1. The zero-order valence-electron chi connectivity index (χ0n) is 44.2. The molecule has 6 N–H and O–H groups in total. The fraction of sp³-hybridized carbons (Fsp3) is 0.689. The molecule has 9 heteroatoms. The minimum Gasteiger partial charge on any atom is -0.394 e. The largest absolute Gasteiger partial charge is 0.394 e. The second kappa shape index (κ2) is 49.4. The summed E-state index contributed by atoms with van der Waals surface area (Å²) in [4.78, 5) is 13.0. The van der Waals surface area contributed by atoms with E-state index in [1.54, 1.807) is 6.08 Å². The van der Waals surface area contributed by atoms with Gasteiger partial charge in [0.25, 0.3) is 0 Å². The number of ether oxygens (including phenoxy) is 2. The van der Waals surface area contributed by atoms with Crippen LogP contribution in [0.4, 0.5) is 0 Å². The van der Waals surface area contributed by atoms with E-state index in [-0.39, 0.29) is 12.5 Å². The summed E-state index contributed by atoms with van der Waals surface area (Å²) >= 11 is 0. The molecule has 1 aliphatic heterocycles. The lowest BCUT2D eigenvalue weighted by atomic mass is 9.99. The van der Waals surface area contributed by atoms with Gasteiger partial charge in [-0.05, 0) is 89.9 Å². The van der Waals surface area contributed by atoms with Gasteiger partial charge in [0.1, 0.15) is 24.4 Å². The van der Waals surface area contributed by atoms with Gasteiger partial charge in [0.05, 0.1) is 25.4 Å². The highest BCUT2D eigenvalue weighted by Crippen LogP contribution is 2.23. The lowest BCUT2D eigenvalue weighted by Gasteiger charge is -2.40. The number of rotatable bonds is 46. The van der Waals surface area contributed by atoms with Crippen molar-refractivity contribution in [2.75, 3.05) is 13.2 Å². The van der Waals surface area contributed by atoms with Crippen LogP contribution in [-0.2, 0) is 14.3 Å². The molecule has 1 heterocycles. The third-order valence-corrected chi connectivity index (χ3v) is 12.6. The predicted octanol–water partition coefficient (Wildman–Crippen LogP) is 13.8. The van der Waals surface area contributed by atoms with Gasteiger partial charge < -0.3 is 40.3 Å². The minimum atomic E-state index is -1.57. The Labute approximate surface area is 427 Å². The highest BCUT2D eigenvalue weighted by Gasteiger charge is 2.44. The van der Waals surface area contributed by atoms with Gasteiger partial charge in [-0.2, -0.15) is 0 Å². The van der Waals surface area contributed by atoms with E-state index in [0.717, 1.165) is 83.5 Å². The maximum Gasteiger partial charge on any atom is 0.220 e. The van der Waals surface area contributed by atoms with Gasteiger partial charge in [-0.3, -0.25) is 4.79 Å². The predicted molar refractivity (Wildman–Crippen MR) is 294 cm³/mol. The Morgan fingerprint density at radius 2 is 0.900 bits per heavy atom. The number of unbranched alkanes of at least 4 members (excludes halogenated alkanes) is 20. The Hall–Kier alpha value is -3.15. The van der Waals surface area contributed by atoms with Gasteiger partial charge in [-0.1, -0.05) is 226 Å². The summed E-state index contributed by atoms with van der Waals surface area (Å²) < 4.78 is 11.2. The fourth-order valence-electron chi connectivity index (χ4n) is 8.15. The van der Waals surface area contributed by atoms with Crippen molar-refractivity contribution < 1.29 is 39.8 Å². The van der Waals surface area contributed by atoms with E-state index in [4.69, 9.17) is 9.47 Å². The Morgan fingerprint density at radius 1 is 0.500 bits per heavy atom. The second-order valence-corrected chi connectivity index (χ2v) is 19.0. The lowest BCUT2D eigenvalue weighted by Crippen LogP contribution is -2.60. The van der Waals surface area contributed by atoms with E-state index in [1.807, 2.05) is 6.08 Å². The van der Waals surface area contributed by atoms with Crippen LogP contribution in [-0.4, -0.2) is 87.5 Å². The third-order valence-electron chi connectivity index (χ3n) is 12.6. The number of aliphatic hydroxyl groups is 5. The smallest absolute Gasteiger partial charge is 0.220 e. The number of allylic oxidation sites excluding steroid dienone is 17. The van der Waals surface area contributed by atoms with Crippen molar-refractivity contribution in [1.82, 2.24) is 5.32 Å². The second-order valence-electron chi connectivity index (χ2n) is 19.0. The van der Waals surface area contributed by atoms with Crippen LogP contribution in [0.15, 0.2) is 109 Å². The fourth-order valence-corrected chi connectivity index (χ4v) is 8.15. The van der Waals surface area contributed by atoms with Gasteiger partial charge in [0.2, 0.25) is 5.91 Å². The van der Waals surface area contributed by atoms with Gasteiger partial charge in [-0.25, -0.2) is 0 Å². The Kier molecular flexibility index (Phi) is 45.8. The first kappa shape index (κ1) is 64.9. The minimum absolute atomic E-state index is 0.193. The van der Waals surface area contributed by atoms with E-state index in [2.05, 4.69) is 116 Å². The van der Waals surface area contributed by atoms with Crippen LogP contribution >= 0.6 is 0 Å². The molecular weight excluding hydrogens is 875 g/mol. The molecule has 0 aromatic carbocycles. The maximum atomic E-state index is 13.0. The number of carbonyl (C=O) groups excluding carboxylic acids is 1. The summed E-state index contributed by atoms with van der Waals surface area (Å²) in [6.45, 7) is 3.59. The molecule has 0 aliphatic carbocycles. The summed E-state index contributed by atoms with van der Waals surface area (Å²) in [6.07, 6.45) is 66.1. The van der Waals surface area contributed by atoms with E-state index in [9.17, 15) is 30.3 Å². The molecule has 7 unspecified atom stereocenters. The summed E-state index contributed by atoms with van der Waals surface area (Å²) in [7, 11) is 0. The zero-order chi connectivity index (χ0) is 50.8.